The number of carbonyl (C=O) groups is 2. The second kappa shape index (κ2) is 6.33. The van der Waals surface area contributed by atoms with E-state index in [1.165, 1.54) is 15.9 Å². The fraction of sp³-hybridized carbons (Fsp3) is 0.467. The van der Waals surface area contributed by atoms with Gasteiger partial charge >= 0.3 is 6.03 Å². The lowest BCUT2D eigenvalue weighted by Gasteiger charge is -2.24. The second-order valence-corrected chi connectivity index (χ2v) is 6.08. The molecule has 1 aromatic rings. The van der Waals surface area contributed by atoms with E-state index in [1.807, 2.05) is 0 Å². The summed E-state index contributed by atoms with van der Waals surface area (Å²) in [6, 6.07) is 3.84. The number of carbonyl (C=O) groups excluding carboxylic acids is 2. The lowest BCUT2D eigenvalue weighted by atomic mass is 10.1. The van der Waals surface area contributed by atoms with Crippen LogP contribution in [0, 0.1) is 0 Å². The molecule has 0 saturated carbocycles. The molecule has 2 fully saturated rings. The average molecular weight is 342 g/mol. The third-order valence-electron chi connectivity index (χ3n) is 4.18. The van der Waals surface area contributed by atoms with Crippen molar-refractivity contribution in [3.63, 3.8) is 0 Å². The highest BCUT2D eigenvalue weighted by molar-refractivity contribution is 6.34. The minimum Gasteiger partial charge on any atom is -0.394 e. The Morgan fingerprint density at radius 1 is 1.48 bits per heavy atom. The van der Waals surface area contributed by atoms with Crippen molar-refractivity contribution >= 4 is 29.2 Å². The molecular formula is C15H17ClFN3O3. The molecule has 2 aliphatic rings. The summed E-state index contributed by atoms with van der Waals surface area (Å²) in [5.41, 5.74) is 0.765. The molecule has 2 atom stereocenters. The van der Waals surface area contributed by atoms with Crippen molar-refractivity contribution in [2.45, 2.75) is 18.6 Å². The van der Waals surface area contributed by atoms with E-state index in [4.69, 9.17) is 11.6 Å². The van der Waals surface area contributed by atoms with E-state index in [9.17, 15) is 19.1 Å². The molecule has 1 aromatic carbocycles. The monoisotopic (exact) mass is 341 g/mol. The molecule has 2 N–H and O–H groups in total. The molecule has 0 unspecified atom stereocenters. The number of benzene rings is 1. The number of nitrogens with zero attached hydrogens (tertiary/aromatic N) is 2. The molecule has 3 amide bonds. The Morgan fingerprint density at radius 2 is 2.26 bits per heavy atom. The zero-order valence-electron chi connectivity index (χ0n) is 12.3. The van der Waals surface area contributed by atoms with Gasteiger partial charge in [-0.05, 0) is 18.2 Å². The highest BCUT2D eigenvalue weighted by Gasteiger charge is 2.35. The first-order chi connectivity index (χ1) is 11.0. The summed E-state index contributed by atoms with van der Waals surface area (Å²) >= 11 is 6.14. The highest BCUT2D eigenvalue weighted by atomic mass is 35.5. The number of nitrogens with one attached hydrogen (secondary N) is 1. The number of urea groups is 1. The number of aliphatic hydroxyl groups is 1. The van der Waals surface area contributed by atoms with Crippen molar-refractivity contribution in [1.29, 1.82) is 0 Å². The summed E-state index contributed by atoms with van der Waals surface area (Å²) in [5.74, 6) is -0.373. The third kappa shape index (κ3) is 2.98. The maximum Gasteiger partial charge on any atom is 0.322 e. The minimum absolute atomic E-state index is 0.0355. The molecule has 2 saturated heterocycles. The van der Waals surface area contributed by atoms with Gasteiger partial charge in [0.15, 0.2) is 0 Å². The molecule has 0 aliphatic carbocycles. The summed E-state index contributed by atoms with van der Waals surface area (Å²) in [5, 5.41) is 12.3. The van der Waals surface area contributed by atoms with Crippen molar-refractivity contribution in [2.75, 3.05) is 31.1 Å². The average Bonchev–Trinajstić information content (AvgIpc) is 3.12. The van der Waals surface area contributed by atoms with Crippen LogP contribution in [0.15, 0.2) is 18.2 Å². The predicted octanol–water partition coefficient (Wildman–Crippen LogP) is 1.41. The number of halogens is 2. The topological polar surface area (TPSA) is 72.9 Å². The predicted molar refractivity (Wildman–Crippen MR) is 83.6 cm³/mol. The zero-order chi connectivity index (χ0) is 16.6. The molecule has 3 rings (SSSR count). The smallest absolute Gasteiger partial charge is 0.322 e. The first-order valence-electron chi connectivity index (χ1n) is 7.42. The van der Waals surface area contributed by atoms with E-state index >= 15 is 0 Å². The van der Waals surface area contributed by atoms with Crippen LogP contribution in [0.1, 0.15) is 16.8 Å². The SMILES string of the molecule is O=C1NCCN1c1cc(C(=O)N2C[C@@H](F)C[C@H]2CO)ccc1Cl. The molecule has 2 heterocycles. The molecule has 0 aromatic heterocycles. The molecule has 0 spiro atoms. The molecule has 2 aliphatic heterocycles. The van der Waals surface area contributed by atoms with Gasteiger partial charge < -0.3 is 15.3 Å². The quantitative estimate of drug-likeness (QED) is 0.873. The number of rotatable bonds is 3. The van der Waals surface area contributed by atoms with Crippen LogP contribution < -0.4 is 10.2 Å². The van der Waals surface area contributed by atoms with Crippen LogP contribution in [0.4, 0.5) is 14.9 Å². The Labute approximate surface area is 137 Å². The van der Waals surface area contributed by atoms with Gasteiger partial charge in [-0.3, -0.25) is 9.69 Å². The van der Waals surface area contributed by atoms with E-state index in [-0.39, 0.29) is 31.5 Å². The lowest BCUT2D eigenvalue weighted by Crippen LogP contribution is -2.38. The van der Waals surface area contributed by atoms with Crippen molar-refractivity contribution in [2.24, 2.45) is 0 Å². The van der Waals surface area contributed by atoms with Crippen LogP contribution in [0.25, 0.3) is 0 Å². The van der Waals surface area contributed by atoms with Crippen LogP contribution in [0.2, 0.25) is 5.02 Å². The fourth-order valence-electron chi connectivity index (χ4n) is 3.00. The van der Waals surface area contributed by atoms with Crippen molar-refractivity contribution in [3.8, 4) is 0 Å². The number of amides is 3. The molecule has 8 heteroatoms. The maximum atomic E-state index is 13.5. The zero-order valence-corrected chi connectivity index (χ0v) is 13.1. The molecule has 6 nitrogen and oxygen atoms in total. The van der Waals surface area contributed by atoms with Gasteiger partial charge in [0.05, 0.1) is 29.9 Å². The number of likely N-dealkylation sites (tertiary alicyclic amines) is 1. The molecular weight excluding hydrogens is 325 g/mol. The van der Waals surface area contributed by atoms with Crippen molar-refractivity contribution < 1.29 is 19.1 Å². The third-order valence-corrected chi connectivity index (χ3v) is 4.50. The number of aliphatic hydroxyl groups excluding tert-OH is 1. The fourth-order valence-corrected chi connectivity index (χ4v) is 3.22. The normalized spacial score (nSPS) is 24.2. The van der Waals surface area contributed by atoms with Crippen LogP contribution in [0.5, 0.6) is 0 Å². The maximum absolute atomic E-state index is 13.5. The molecule has 0 bridgehead atoms. The first-order valence-corrected chi connectivity index (χ1v) is 7.80. The Kier molecular flexibility index (Phi) is 4.41. The van der Waals surface area contributed by atoms with E-state index in [1.54, 1.807) is 12.1 Å². The van der Waals surface area contributed by atoms with Gasteiger partial charge in [-0.15, -0.1) is 0 Å². The number of hydrogen-bond donors (Lipinski definition) is 2. The summed E-state index contributed by atoms with van der Waals surface area (Å²) < 4.78 is 13.5. The highest BCUT2D eigenvalue weighted by Crippen LogP contribution is 2.30. The van der Waals surface area contributed by atoms with Gasteiger partial charge in [0.25, 0.3) is 5.91 Å². The van der Waals surface area contributed by atoms with Crippen molar-refractivity contribution in [3.05, 3.63) is 28.8 Å². The standard InChI is InChI=1S/C15H17ClFN3O3/c16-12-2-1-9(5-13(12)19-4-3-18-15(19)23)14(22)20-7-10(17)6-11(20)8-21/h1-2,5,10-11,21H,3-4,6-8H2,(H,18,23)/t10-,11-/m0/s1. The van der Waals surface area contributed by atoms with E-state index < -0.39 is 12.2 Å². The Balaban J connectivity index is 1.88. The first kappa shape index (κ1) is 16.0. The molecule has 124 valence electrons. The second-order valence-electron chi connectivity index (χ2n) is 5.68. The van der Waals surface area contributed by atoms with Crippen LogP contribution in [0.3, 0.4) is 0 Å². The number of alkyl halides is 1. The van der Waals surface area contributed by atoms with Gasteiger partial charge in [-0.1, -0.05) is 11.6 Å². The lowest BCUT2D eigenvalue weighted by molar-refractivity contribution is 0.0673. The largest absolute Gasteiger partial charge is 0.394 e. The van der Waals surface area contributed by atoms with Gasteiger partial charge in [0.1, 0.15) is 6.17 Å². The van der Waals surface area contributed by atoms with Gasteiger partial charge in [-0.25, -0.2) is 9.18 Å². The van der Waals surface area contributed by atoms with Crippen LogP contribution in [-0.2, 0) is 0 Å². The summed E-state index contributed by atoms with van der Waals surface area (Å²) in [6.45, 7) is 0.661. The van der Waals surface area contributed by atoms with Crippen molar-refractivity contribution in [1.82, 2.24) is 10.2 Å². The van der Waals surface area contributed by atoms with Gasteiger partial charge in [0.2, 0.25) is 0 Å². The van der Waals surface area contributed by atoms with Gasteiger partial charge in [0, 0.05) is 25.1 Å². The summed E-state index contributed by atoms with van der Waals surface area (Å²) in [7, 11) is 0. The Bertz CT molecular complexity index is 642. The van der Waals surface area contributed by atoms with Crippen LogP contribution in [-0.4, -0.2) is 60.4 Å². The minimum atomic E-state index is -1.13. The summed E-state index contributed by atoms with van der Waals surface area (Å²) in [4.78, 5) is 27.2. The Morgan fingerprint density at radius 3 is 2.91 bits per heavy atom. The number of hydrogen-bond acceptors (Lipinski definition) is 3. The Hall–Kier alpha value is -1.86. The number of anilines is 1. The van der Waals surface area contributed by atoms with E-state index in [0.717, 1.165) is 0 Å². The van der Waals surface area contributed by atoms with Crippen LogP contribution >= 0.6 is 11.6 Å². The van der Waals surface area contributed by atoms with Gasteiger partial charge in [-0.2, -0.15) is 0 Å². The molecule has 0 radical (unpaired) electrons. The molecule has 23 heavy (non-hydrogen) atoms. The summed E-state index contributed by atoms with van der Waals surface area (Å²) in [6.07, 6.45) is -0.996. The van der Waals surface area contributed by atoms with E-state index in [2.05, 4.69) is 5.32 Å². The van der Waals surface area contributed by atoms with E-state index in [0.29, 0.717) is 29.4 Å².